The molecule has 0 aliphatic carbocycles. The zero-order valence-electron chi connectivity index (χ0n) is 14.1. The summed E-state index contributed by atoms with van der Waals surface area (Å²) in [5.74, 6) is 1.62. The van der Waals surface area contributed by atoms with Gasteiger partial charge in [0, 0.05) is 49.5 Å². The molecule has 0 radical (unpaired) electrons. The molecule has 3 rings (SSSR count). The van der Waals surface area contributed by atoms with Crippen LogP contribution in [0.2, 0.25) is 5.02 Å². The number of methoxy groups -OCH3 is 1. The number of amides is 2. The monoisotopic (exact) mass is 360 g/mol. The highest BCUT2D eigenvalue weighted by atomic mass is 35.5. The number of aromatic nitrogens is 1. The molecular weight excluding hydrogens is 340 g/mol. The van der Waals surface area contributed by atoms with E-state index in [0.717, 1.165) is 24.5 Å². The molecular formula is C18H21ClN4O2. The van der Waals surface area contributed by atoms with Crippen LogP contribution in [0.5, 0.6) is 5.75 Å². The quantitative estimate of drug-likeness (QED) is 0.910. The van der Waals surface area contributed by atoms with E-state index in [1.165, 1.54) is 0 Å². The Kier molecular flexibility index (Phi) is 5.60. The van der Waals surface area contributed by atoms with Gasteiger partial charge in [-0.1, -0.05) is 23.7 Å². The van der Waals surface area contributed by atoms with Gasteiger partial charge in [-0.15, -0.1) is 0 Å². The molecule has 132 valence electrons. The zero-order valence-corrected chi connectivity index (χ0v) is 14.9. The van der Waals surface area contributed by atoms with E-state index in [0.29, 0.717) is 30.4 Å². The number of anilines is 1. The molecule has 2 heterocycles. The van der Waals surface area contributed by atoms with E-state index < -0.39 is 0 Å². The Labute approximate surface area is 152 Å². The molecule has 0 saturated carbocycles. The maximum Gasteiger partial charge on any atom is 0.317 e. The second-order valence-corrected chi connectivity index (χ2v) is 6.15. The van der Waals surface area contributed by atoms with Crippen LogP contribution in [0.4, 0.5) is 10.6 Å². The molecule has 6 nitrogen and oxygen atoms in total. The number of rotatable bonds is 4. The van der Waals surface area contributed by atoms with E-state index in [4.69, 9.17) is 16.3 Å². The van der Waals surface area contributed by atoms with Gasteiger partial charge in [0.2, 0.25) is 0 Å². The number of ether oxygens (including phenoxy) is 1. The van der Waals surface area contributed by atoms with Gasteiger partial charge >= 0.3 is 6.03 Å². The minimum Gasteiger partial charge on any atom is -0.496 e. The number of carbonyl (C=O) groups excluding carboxylic acids is 1. The van der Waals surface area contributed by atoms with Crippen LogP contribution in [-0.4, -0.2) is 49.2 Å². The minimum absolute atomic E-state index is 0.0948. The first-order valence-electron chi connectivity index (χ1n) is 8.19. The Bertz CT molecular complexity index is 718. The summed E-state index contributed by atoms with van der Waals surface area (Å²) in [6.45, 7) is 3.17. The Morgan fingerprint density at radius 3 is 2.68 bits per heavy atom. The first-order chi connectivity index (χ1) is 12.2. The van der Waals surface area contributed by atoms with Crippen molar-refractivity contribution in [1.29, 1.82) is 0 Å². The molecule has 0 atom stereocenters. The average molecular weight is 361 g/mol. The SMILES string of the molecule is COc1cccc(Cl)c1CNC(=O)N1CCN(c2ccccn2)CC1. The molecule has 2 aromatic rings. The van der Waals surface area contributed by atoms with Crippen molar-refractivity contribution in [1.82, 2.24) is 15.2 Å². The lowest BCUT2D eigenvalue weighted by Gasteiger charge is -2.35. The maximum atomic E-state index is 12.4. The molecule has 7 heteroatoms. The summed E-state index contributed by atoms with van der Waals surface area (Å²) in [6, 6.07) is 11.2. The van der Waals surface area contributed by atoms with Gasteiger partial charge in [-0.3, -0.25) is 0 Å². The van der Waals surface area contributed by atoms with Crippen molar-refractivity contribution >= 4 is 23.4 Å². The fourth-order valence-electron chi connectivity index (χ4n) is 2.86. The van der Waals surface area contributed by atoms with Crippen molar-refractivity contribution in [2.24, 2.45) is 0 Å². The van der Waals surface area contributed by atoms with Gasteiger partial charge in [0.1, 0.15) is 11.6 Å². The second kappa shape index (κ2) is 8.07. The van der Waals surface area contributed by atoms with Crippen molar-refractivity contribution < 1.29 is 9.53 Å². The van der Waals surface area contributed by atoms with Gasteiger partial charge in [0.05, 0.1) is 7.11 Å². The maximum absolute atomic E-state index is 12.4. The number of hydrogen-bond donors (Lipinski definition) is 1. The van der Waals surface area contributed by atoms with E-state index in [1.54, 1.807) is 19.4 Å². The van der Waals surface area contributed by atoms with Gasteiger partial charge in [0.25, 0.3) is 0 Å². The highest BCUT2D eigenvalue weighted by molar-refractivity contribution is 6.31. The summed E-state index contributed by atoms with van der Waals surface area (Å²) < 4.78 is 5.30. The number of carbonyl (C=O) groups is 1. The number of nitrogens with zero attached hydrogens (tertiary/aromatic N) is 3. The lowest BCUT2D eigenvalue weighted by molar-refractivity contribution is 0.193. The zero-order chi connectivity index (χ0) is 17.6. The molecule has 0 unspecified atom stereocenters. The van der Waals surface area contributed by atoms with Crippen molar-refractivity contribution in [2.45, 2.75) is 6.54 Å². The lowest BCUT2D eigenvalue weighted by atomic mass is 10.2. The van der Waals surface area contributed by atoms with Crippen molar-refractivity contribution in [3.63, 3.8) is 0 Å². The third-order valence-electron chi connectivity index (χ3n) is 4.25. The first kappa shape index (κ1) is 17.4. The topological polar surface area (TPSA) is 57.7 Å². The van der Waals surface area contributed by atoms with Crippen LogP contribution in [-0.2, 0) is 6.54 Å². The molecule has 1 aliphatic heterocycles. The molecule has 0 bridgehead atoms. The standard InChI is InChI=1S/C18H21ClN4O2/c1-25-16-6-4-5-15(19)14(16)13-21-18(24)23-11-9-22(10-12-23)17-7-2-3-8-20-17/h2-8H,9-13H2,1H3,(H,21,24). The van der Waals surface area contributed by atoms with Crippen molar-refractivity contribution in [3.05, 3.63) is 53.2 Å². The molecule has 0 spiro atoms. The van der Waals surface area contributed by atoms with E-state index >= 15 is 0 Å². The molecule has 1 aromatic heterocycles. The number of halogens is 1. The molecule has 1 saturated heterocycles. The molecule has 1 aromatic carbocycles. The fourth-order valence-corrected chi connectivity index (χ4v) is 3.09. The van der Waals surface area contributed by atoms with Gasteiger partial charge < -0.3 is 19.9 Å². The van der Waals surface area contributed by atoms with Gasteiger partial charge in [-0.2, -0.15) is 0 Å². The van der Waals surface area contributed by atoms with Gasteiger partial charge in [-0.25, -0.2) is 9.78 Å². The normalized spacial score (nSPS) is 14.3. The van der Waals surface area contributed by atoms with E-state index in [9.17, 15) is 4.79 Å². The summed E-state index contributed by atoms with van der Waals surface area (Å²) >= 11 is 6.21. The molecule has 1 fully saturated rings. The fraction of sp³-hybridized carbons (Fsp3) is 0.333. The molecule has 1 N–H and O–H groups in total. The third-order valence-corrected chi connectivity index (χ3v) is 4.61. The smallest absolute Gasteiger partial charge is 0.317 e. The highest BCUT2D eigenvalue weighted by Crippen LogP contribution is 2.26. The molecule has 2 amide bonds. The van der Waals surface area contributed by atoms with Gasteiger partial charge in [-0.05, 0) is 24.3 Å². The van der Waals surface area contributed by atoms with Crippen LogP contribution in [0, 0.1) is 0 Å². The van der Waals surface area contributed by atoms with Crippen LogP contribution in [0.1, 0.15) is 5.56 Å². The number of benzene rings is 1. The van der Waals surface area contributed by atoms with Crippen LogP contribution in [0.3, 0.4) is 0 Å². The van der Waals surface area contributed by atoms with Crippen molar-refractivity contribution in [2.75, 3.05) is 38.2 Å². The summed E-state index contributed by atoms with van der Waals surface area (Å²) in [7, 11) is 1.59. The van der Waals surface area contributed by atoms with Crippen LogP contribution in [0.25, 0.3) is 0 Å². The Hall–Kier alpha value is -2.47. The Balaban J connectivity index is 1.54. The predicted octanol–water partition coefficient (Wildman–Crippen LogP) is 2.78. The lowest BCUT2D eigenvalue weighted by Crippen LogP contribution is -2.51. The second-order valence-electron chi connectivity index (χ2n) is 5.74. The number of pyridine rings is 1. The number of hydrogen-bond acceptors (Lipinski definition) is 4. The molecule has 25 heavy (non-hydrogen) atoms. The highest BCUT2D eigenvalue weighted by Gasteiger charge is 2.22. The number of urea groups is 1. The number of piperazine rings is 1. The summed E-state index contributed by atoms with van der Waals surface area (Å²) in [4.78, 5) is 20.8. The van der Waals surface area contributed by atoms with E-state index in [1.807, 2.05) is 35.2 Å². The minimum atomic E-state index is -0.0948. The van der Waals surface area contributed by atoms with E-state index in [2.05, 4.69) is 15.2 Å². The van der Waals surface area contributed by atoms with Crippen LogP contribution < -0.4 is 15.0 Å². The van der Waals surface area contributed by atoms with Crippen LogP contribution in [0.15, 0.2) is 42.6 Å². The Morgan fingerprint density at radius 2 is 2.00 bits per heavy atom. The third kappa shape index (κ3) is 4.14. The largest absolute Gasteiger partial charge is 0.496 e. The predicted molar refractivity (Wildman–Crippen MR) is 98.3 cm³/mol. The summed E-state index contributed by atoms with van der Waals surface area (Å²) in [5.41, 5.74) is 0.784. The summed E-state index contributed by atoms with van der Waals surface area (Å²) in [5, 5.41) is 3.51. The van der Waals surface area contributed by atoms with Gasteiger partial charge in [0.15, 0.2) is 0 Å². The first-order valence-corrected chi connectivity index (χ1v) is 8.57. The van der Waals surface area contributed by atoms with Crippen molar-refractivity contribution in [3.8, 4) is 5.75 Å². The average Bonchev–Trinajstić information content (AvgIpc) is 2.67. The number of nitrogens with one attached hydrogen (secondary N) is 1. The molecule has 1 aliphatic rings. The Morgan fingerprint density at radius 1 is 1.20 bits per heavy atom. The summed E-state index contributed by atoms with van der Waals surface area (Å²) in [6.07, 6.45) is 1.78. The van der Waals surface area contributed by atoms with E-state index in [-0.39, 0.29) is 6.03 Å². The van der Waals surface area contributed by atoms with Crippen LogP contribution >= 0.6 is 11.6 Å².